The molecule has 0 aromatic carbocycles. The van der Waals surface area contributed by atoms with Gasteiger partial charge in [0.2, 0.25) is 4.77 Å². The summed E-state index contributed by atoms with van der Waals surface area (Å²) in [6.07, 6.45) is -1.23. The highest BCUT2D eigenvalue weighted by Crippen LogP contribution is 2.31. The topological polar surface area (TPSA) is 105 Å². The van der Waals surface area contributed by atoms with E-state index in [0.29, 0.717) is 11.2 Å². The van der Waals surface area contributed by atoms with Crippen LogP contribution < -0.4 is 0 Å². The molecule has 114 valence electrons. The molecule has 0 saturated carbocycles. The van der Waals surface area contributed by atoms with Crippen LogP contribution in [0.5, 0.6) is 0 Å². The SMILES string of the molecule is CO[C@H]1C(O)[C@@H](CO)O[C@H]1n1cc2[nH]c(C)nc2nc1=S. The molecule has 21 heavy (non-hydrogen) atoms. The first-order valence-electron chi connectivity index (χ1n) is 6.48. The highest BCUT2D eigenvalue weighted by Gasteiger charge is 2.44. The van der Waals surface area contributed by atoms with Crippen molar-refractivity contribution in [1.29, 1.82) is 0 Å². The lowest BCUT2D eigenvalue weighted by Gasteiger charge is -2.21. The van der Waals surface area contributed by atoms with Crippen molar-refractivity contribution in [1.82, 2.24) is 19.5 Å². The van der Waals surface area contributed by atoms with Gasteiger partial charge >= 0.3 is 0 Å². The Bertz CT molecular complexity index is 715. The van der Waals surface area contributed by atoms with Crippen LogP contribution in [0.2, 0.25) is 0 Å². The van der Waals surface area contributed by atoms with Gasteiger partial charge in [-0.15, -0.1) is 0 Å². The maximum Gasteiger partial charge on any atom is 0.203 e. The lowest BCUT2D eigenvalue weighted by atomic mass is 10.1. The number of ether oxygens (including phenoxy) is 2. The van der Waals surface area contributed by atoms with Gasteiger partial charge in [0.1, 0.15) is 29.7 Å². The molecule has 3 rings (SSSR count). The van der Waals surface area contributed by atoms with Crippen LogP contribution in [0.15, 0.2) is 6.20 Å². The number of aromatic nitrogens is 4. The van der Waals surface area contributed by atoms with Gasteiger partial charge < -0.3 is 24.7 Å². The normalized spacial score (nSPS) is 29.3. The average Bonchev–Trinajstić information content (AvgIpc) is 2.96. The van der Waals surface area contributed by atoms with E-state index < -0.39 is 24.5 Å². The fourth-order valence-corrected chi connectivity index (χ4v) is 2.79. The van der Waals surface area contributed by atoms with E-state index in [2.05, 4.69) is 15.0 Å². The number of methoxy groups -OCH3 is 1. The molecule has 2 aromatic heterocycles. The number of nitrogens with zero attached hydrogens (tertiary/aromatic N) is 3. The first kappa shape index (κ1) is 14.5. The van der Waals surface area contributed by atoms with Crippen LogP contribution in [-0.4, -0.2) is 61.8 Å². The predicted molar refractivity (Wildman–Crippen MR) is 75.2 cm³/mol. The Hall–Kier alpha value is -1.39. The van der Waals surface area contributed by atoms with Crippen LogP contribution in [0.25, 0.3) is 11.2 Å². The Morgan fingerprint density at radius 3 is 2.95 bits per heavy atom. The molecule has 1 unspecified atom stereocenters. The number of hydrogen-bond acceptors (Lipinski definition) is 7. The monoisotopic (exact) mass is 312 g/mol. The predicted octanol–water partition coefficient (Wildman–Crippen LogP) is 0.0629. The number of hydrogen-bond donors (Lipinski definition) is 3. The van der Waals surface area contributed by atoms with Crippen LogP contribution in [0.3, 0.4) is 0 Å². The minimum atomic E-state index is -0.939. The van der Waals surface area contributed by atoms with E-state index >= 15 is 0 Å². The van der Waals surface area contributed by atoms with Crippen molar-refractivity contribution in [3.63, 3.8) is 0 Å². The van der Waals surface area contributed by atoms with Crippen LogP contribution in [0.4, 0.5) is 0 Å². The molecule has 1 aliphatic rings. The summed E-state index contributed by atoms with van der Waals surface area (Å²) in [5.41, 5.74) is 1.24. The quantitative estimate of drug-likeness (QED) is 0.688. The summed E-state index contributed by atoms with van der Waals surface area (Å²) in [5.74, 6) is 0.730. The number of aliphatic hydroxyl groups excluding tert-OH is 2. The van der Waals surface area contributed by atoms with Crippen LogP contribution in [0, 0.1) is 11.7 Å². The number of aliphatic hydroxyl groups is 2. The largest absolute Gasteiger partial charge is 0.394 e. The lowest BCUT2D eigenvalue weighted by molar-refractivity contribution is -0.0613. The fraction of sp³-hybridized carbons (Fsp3) is 0.583. The third-order valence-electron chi connectivity index (χ3n) is 3.56. The zero-order valence-corrected chi connectivity index (χ0v) is 12.4. The van der Waals surface area contributed by atoms with Crippen molar-refractivity contribution in [2.24, 2.45) is 0 Å². The minimum absolute atomic E-state index is 0.270. The van der Waals surface area contributed by atoms with Gasteiger partial charge in [-0.1, -0.05) is 0 Å². The molecule has 0 aliphatic carbocycles. The molecule has 1 aliphatic heterocycles. The van der Waals surface area contributed by atoms with E-state index in [1.807, 2.05) is 6.92 Å². The van der Waals surface area contributed by atoms with E-state index in [9.17, 15) is 10.2 Å². The van der Waals surface area contributed by atoms with E-state index in [1.165, 1.54) is 7.11 Å². The molecule has 1 fully saturated rings. The van der Waals surface area contributed by atoms with Crippen molar-refractivity contribution < 1.29 is 19.7 Å². The molecule has 0 radical (unpaired) electrons. The first-order valence-corrected chi connectivity index (χ1v) is 6.88. The van der Waals surface area contributed by atoms with E-state index in [0.717, 1.165) is 5.82 Å². The van der Waals surface area contributed by atoms with Gasteiger partial charge in [0.25, 0.3) is 0 Å². The van der Waals surface area contributed by atoms with Gasteiger partial charge in [-0.3, -0.25) is 4.57 Å². The van der Waals surface area contributed by atoms with Gasteiger partial charge in [-0.05, 0) is 19.1 Å². The second-order valence-corrected chi connectivity index (χ2v) is 5.29. The maximum atomic E-state index is 10.1. The number of rotatable bonds is 3. The number of aryl methyl sites for hydroxylation is 1. The summed E-state index contributed by atoms with van der Waals surface area (Å²) < 4.78 is 12.8. The van der Waals surface area contributed by atoms with Crippen molar-refractivity contribution in [2.75, 3.05) is 13.7 Å². The lowest BCUT2D eigenvalue weighted by Crippen LogP contribution is -2.34. The number of nitrogens with one attached hydrogen (secondary N) is 1. The second-order valence-electron chi connectivity index (χ2n) is 4.93. The zero-order valence-electron chi connectivity index (χ0n) is 11.6. The number of aromatic amines is 1. The zero-order chi connectivity index (χ0) is 15.1. The van der Waals surface area contributed by atoms with E-state index in [1.54, 1.807) is 10.8 Å². The van der Waals surface area contributed by atoms with Crippen LogP contribution in [0.1, 0.15) is 12.1 Å². The highest BCUT2D eigenvalue weighted by atomic mass is 32.1. The number of H-pyrrole nitrogens is 1. The molecule has 0 spiro atoms. The summed E-state index contributed by atoms with van der Waals surface area (Å²) in [6.45, 7) is 1.52. The molecular weight excluding hydrogens is 296 g/mol. The average molecular weight is 312 g/mol. The molecule has 8 nitrogen and oxygen atoms in total. The molecule has 2 aromatic rings. The van der Waals surface area contributed by atoms with Crippen molar-refractivity contribution in [3.8, 4) is 0 Å². The number of imidazole rings is 1. The molecule has 3 N–H and O–H groups in total. The molecular formula is C12H16N4O4S. The Kier molecular flexibility index (Phi) is 3.76. The standard InChI is InChI=1S/C12H16N4O4S/c1-5-13-6-3-16(12(21)15-10(6)14-5)11-9(19-2)8(18)7(4-17)20-11/h3,7-9,11,17-18H,4H2,1-2H3,(H,13,14,15,21)/t7-,8?,9+,11-/m1/s1. The summed E-state index contributed by atoms with van der Waals surface area (Å²) >= 11 is 5.26. The molecule has 1 saturated heterocycles. The summed E-state index contributed by atoms with van der Waals surface area (Å²) in [6, 6.07) is 0. The third-order valence-corrected chi connectivity index (χ3v) is 3.86. The van der Waals surface area contributed by atoms with Crippen molar-refractivity contribution in [3.05, 3.63) is 16.8 Å². The van der Waals surface area contributed by atoms with Crippen LogP contribution in [-0.2, 0) is 9.47 Å². The molecule has 0 amide bonds. The smallest absolute Gasteiger partial charge is 0.203 e. The van der Waals surface area contributed by atoms with Gasteiger partial charge in [-0.2, -0.15) is 4.98 Å². The van der Waals surface area contributed by atoms with Crippen molar-refractivity contribution in [2.45, 2.75) is 31.5 Å². The van der Waals surface area contributed by atoms with Gasteiger partial charge in [0.15, 0.2) is 11.9 Å². The Balaban J connectivity index is 2.06. The summed E-state index contributed by atoms with van der Waals surface area (Å²) in [5, 5.41) is 19.3. The van der Waals surface area contributed by atoms with Gasteiger partial charge in [0, 0.05) is 13.3 Å². The molecule has 0 bridgehead atoms. The second kappa shape index (κ2) is 5.43. The Morgan fingerprint density at radius 2 is 2.29 bits per heavy atom. The molecule has 3 heterocycles. The van der Waals surface area contributed by atoms with Crippen molar-refractivity contribution >= 4 is 23.4 Å². The fourth-order valence-electron chi connectivity index (χ4n) is 2.55. The number of fused-ring (bicyclic) bond motifs is 1. The van der Waals surface area contributed by atoms with Gasteiger partial charge in [-0.25, -0.2) is 4.98 Å². The first-order chi connectivity index (χ1) is 10.0. The highest BCUT2D eigenvalue weighted by molar-refractivity contribution is 7.71. The van der Waals surface area contributed by atoms with Gasteiger partial charge in [0.05, 0.1) is 6.61 Å². The summed E-state index contributed by atoms with van der Waals surface area (Å²) in [4.78, 5) is 11.5. The minimum Gasteiger partial charge on any atom is -0.394 e. The molecule has 9 heteroatoms. The van der Waals surface area contributed by atoms with Crippen LogP contribution >= 0.6 is 12.2 Å². The summed E-state index contributed by atoms with van der Waals surface area (Å²) in [7, 11) is 1.47. The molecule has 4 atom stereocenters. The third kappa shape index (κ3) is 2.36. The van der Waals surface area contributed by atoms with E-state index in [-0.39, 0.29) is 11.4 Å². The Morgan fingerprint density at radius 1 is 1.52 bits per heavy atom. The maximum absolute atomic E-state index is 10.1. The van der Waals surface area contributed by atoms with E-state index in [4.69, 9.17) is 21.7 Å². The Labute approximate surface area is 125 Å².